The van der Waals surface area contributed by atoms with Crippen LogP contribution in [0.15, 0.2) is 66.0 Å². The first-order valence-electron chi connectivity index (χ1n) is 6.93. The molecule has 0 saturated heterocycles. The first-order chi connectivity index (χ1) is 10.2. The number of aliphatic hydroxyl groups is 1. The number of hydrogen-bond acceptors (Lipinski definition) is 3. The van der Waals surface area contributed by atoms with Crippen molar-refractivity contribution in [2.75, 3.05) is 0 Å². The third kappa shape index (κ3) is 2.89. The van der Waals surface area contributed by atoms with Gasteiger partial charge >= 0.3 is 0 Å². The number of aromatic nitrogens is 1. The predicted octanol–water partition coefficient (Wildman–Crippen LogP) is 3.93. The van der Waals surface area contributed by atoms with Gasteiger partial charge in [-0.1, -0.05) is 60.7 Å². The van der Waals surface area contributed by atoms with Crippen molar-refractivity contribution in [3.63, 3.8) is 0 Å². The lowest BCUT2D eigenvalue weighted by Crippen LogP contribution is -2.30. The van der Waals surface area contributed by atoms with Gasteiger partial charge in [0.15, 0.2) is 0 Å². The molecule has 0 radical (unpaired) electrons. The minimum Gasteiger partial charge on any atom is -0.380 e. The van der Waals surface area contributed by atoms with Gasteiger partial charge in [0.1, 0.15) is 5.60 Å². The zero-order valence-corrected chi connectivity index (χ0v) is 12.7. The Kier molecular flexibility index (Phi) is 3.86. The highest BCUT2D eigenvalue weighted by Crippen LogP contribution is 2.33. The summed E-state index contributed by atoms with van der Waals surface area (Å²) in [5.74, 6) is 0. The molecule has 1 aromatic heterocycles. The van der Waals surface area contributed by atoms with E-state index in [9.17, 15) is 5.11 Å². The van der Waals surface area contributed by atoms with Gasteiger partial charge in [0.25, 0.3) is 0 Å². The summed E-state index contributed by atoms with van der Waals surface area (Å²) >= 11 is 1.59. The fraction of sp³-hybridized carbons (Fsp3) is 0.167. The molecule has 2 nitrogen and oxygen atoms in total. The van der Waals surface area contributed by atoms with Crippen LogP contribution in [0.2, 0.25) is 0 Å². The van der Waals surface area contributed by atoms with Gasteiger partial charge in [-0.3, -0.25) is 0 Å². The molecule has 0 aliphatic carbocycles. The van der Waals surface area contributed by atoms with E-state index in [0.29, 0.717) is 6.42 Å². The average Bonchev–Trinajstić information content (AvgIpc) is 2.94. The molecule has 0 amide bonds. The number of thiazole rings is 1. The lowest BCUT2D eigenvalue weighted by molar-refractivity contribution is 0.0810. The smallest absolute Gasteiger partial charge is 0.121 e. The van der Waals surface area contributed by atoms with Crippen LogP contribution < -0.4 is 0 Å². The second-order valence-electron chi connectivity index (χ2n) is 5.15. The molecule has 0 atom stereocenters. The predicted molar refractivity (Wildman–Crippen MR) is 86.4 cm³/mol. The fourth-order valence-corrected chi connectivity index (χ4v) is 3.35. The van der Waals surface area contributed by atoms with Gasteiger partial charge in [0, 0.05) is 17.5 Å². The molecule has 1 N–H and O–H groups in total. The summed E-state index contributed by atoms with van der Waals surface area (Å²) < 4.78 is 0. The molecule has 3 aromatic rings. The van der Waals surface area contributed by atoms with E-state index in [4.69, 9.17) is 0 Å². The van der Waals surface area contributed by atoms with Gasteiger partial charge in [-0.25, -0.2) is 4.98 Å². The van der Waals surface area contributed by atoms with Crippen molar-refractivity contribution in [2.24, 2.45) is 0 Å². The Morgan fingerprint density at radius 2 is 1.48 bits per heavy atom. The molecular weight excluding hydrogens is 278 g/mol. The zero-order chi connectivity index (χ0) is 14.7. The Hall–Kier alpha value is -1.97. The molecular formula is C18H17NOS. The van der Waals surface area contributed by atoms with Crippen LogP contribution in [-0.4, -0.2) is 10.1 Å². The molecule has 3 rings (SSSR count). The van der Waals surface area contributed by atoms with Gasteiger partial charge in [-0.15, -0.1) is 11.3 Å². The van der Waals surface area contributed by atoms with E-state index in [0.717, 1.165) is 21.8 Å². The maximum atomic E-state index is 11.4. The molecule has 0 saturated carbocycles. The first-order valence-corrected chi connectivity index (χ1v) is 7.81. The lowest BCUT2D eigenvalue weighted by Gasteiger charge is -2.28. The van der Waals surface area contributed by atoms with E-state index in [1.807, 2.05) is 73.0 Å². The number of benzene rings is 2. The summed E-state index contributed by atoms with van der Waals surface area (Å²) in [6.45, 7) is 1.98. The third-order valence-electron chi connectivity index (χ3n) is 3.58. The van der Waals surface area contributed by atoms with Crippen LogP contribution in [0.3, 0.4) is 0 Å². The van der Waals surface area contributed by atoms with Crippen LogP contribution in [0.5, 0.6) is 0 Å². The normalized spacial score (nSPS) is 11.5. The van der Waals surface area contributed by atoms with E-state index in [2.05, 4.69) is 4.98 Å². The second kappa shape index (κ2) is 5.80. The van der Waals surface area contributed by atoms with E-state index >= 15 is 0 Å². The molecule has 1 heterocycles. The van der Waals surface area contributed by atoms with Gasteiger partial charge in [0.2, 0.25) is 0 Å². The average molecular weight is 295 g/mol. The van der Waals surface area contributed by atoms with Crippen LogP contribution in [0.4, 0.5) is 0 Å². The molecule has 0 spiro atoms. The van der Waals surface area contributed by atoms with Crippen molar-refractivity contribution in [1.82, 2.24) is 4.98 Å². The number of rotatable bonds is 4. The first kappa shape index (κ1) is 14.0. The third-order valence-corrected chi connectivity index (χ3v) is 4.54. The van der Waals surface area contributed by atoms with E-state index in [1.165, 1.54) is 0 Å². The number of nitrogens with zero attached hydrogens (tertiary/aromatic N) is 1. The van der Waals surface area contributed by atoms with Crippen molar-refractivity contribution in [1.29, 1.82) is 0 Å². The van der Waals surface area contributed by atoms with Crippen LogP contribution >= 0.6 is 11.3 Å². The van der Waals surface area contributed by atoms with E-state index < -0.39 is 5.60 Å². The highest BCUT2D eigenvalue weighted by molar-refractivity contribution is 7.09. The van der Waals surface area contributed by atoms with E-state index in [-0.39, 0.29) is 0 Å². The summed E-state index contributed by atoms with van der Waals surface area (Å²) in [6, 6.07) is 19.6. The molecule has 106 valence electrons. The summed E-state index contributed by atoms with van der Waals surface area (Å²) in [4.78, 5) is 4.51. The van der Waals surface area contributed by atoms with Crippen LogP contribution in [0.25, 0.3) is 0 Å². The Balaban J connectivity index is 2.07. The summed E-state index contributed by atoms with van der Waals surface area (Å²) in [5.41, 5.74) is 1.74. The largest absolute Gasteiger partial charge is 0.380 e. The Bertz CT molecular complexity index is 667. The maximum absolute atomic E-state index is 11.4. The molecule has 0 unspecified atom stereocenters. The molecule has 0 aliphatic rings. The Labute approximate surface area is 128 Å². The summed E-state index contributed by atoms with van der Waals surface area (Å²) in [6.07, 6.45) is 0.486. The molecule has 3 heteroatoms. The fourth-order valence-electron chi connectivity index (χ4n) is 2.50. The number of hydrogen-bond donors (Lipinski definition) is 1. The van der Waals surface area contributed by atoms with Crippen molar-refractivity contribution in [3.8, 4) is 0 Å². The quantitative estimate of drug-likeness (QED) is 0.791. The summed E-state index contributed by atoms with van der Waals surface area (Å²) in [5, 5.41) is 14.3. The molecule has 0 fully saturated rings. The van der Waals surface area contributed by atoms with Gasteiger partial charge in [0.05, 0.1) is 5.01 Å². The highest BCUT2D eigenvalue weighted by Gasteiger charge is 2.32. The molecule has 21 heavy (non-hydrogen) atoms. The van der Waals surface area contributed by atoms with E-state index in [1.54, 1.807) is 11.3 Å². The topological polar surface area (TPSA) is 33.1 Å². The standard InChI is InChI=1S/C18H17NOS/c1-14-13-21-17(19-14)12-18(20,15-8-4-2-5-9-15)16-10-6-3-7-11-16/h2-11,13,20H,12H2,1H3. The number of aryl methyl sites for hydroxylation is 1. The van der Waals surface area contributed by atoms with Crippen LogP contribution in [0, 0.1) is 6.92 Å². The Morgan fingerprint density at radius 3 is 1.90 bits per heavy atom. The van der Waals surface area contributed by atoms with Gasteiger partial charge in [-0.2, -0.15) is 0 Å². The van der Waals surface area contributed by atoms with Crippen molar-refractivity contribution < 1.29 is 5.11 Å². The van der Waals surface area contributed by atoms with Crippen LogP contribution in [0.1, 0.15) is 21.8 Å². The molecule has 2 aromatic carbocycles. The van der Waals surface area contributed by atoms with Crippen molar-refractivity contribution >= 4 is 11.3 Å². The molecule has 0 aliphatic heterocycles. The SMILES string of the molecule is Cc1csc(CC(O)(c2ccccc2)c2ccccc2)n1. The van der Waals surface area contributed by atoms with Crippen LogP contribution in [-0.2, 0) is 12.0 Å². The zero-order valence-electron chi connectivity index (χ0n) is 11.9. The monoisotopic (exact) mass is 295 g/mol. The highest BCUT2D eigenvalue weighted by atomic mass is 32.1. The Morgan fingerprint density at radius 1 is 0.952 bits per heavy atom. The van der Waals surface area contributed by atoms with Crippen molar-refractivity contribution in [2.45, 2.75) is 18.9 Å². The minimum absolute atomic E-state index is 0.486. The molecule has 0 bridgehead atoms. The lowest BCUT2D eigenvalue weighted by atomic mass is 9.84. The van der Waals surface area contributed by atoms with Crippen molar-refractivity contribution in [3.05, 3.63) is 87.9 Å². The maximum Gasteiger partial charge on any atom is 0.121 e. The van der Waals surface area contributed by atoms with Gasteiger partial charge < -0.3 is 5.11 Å². The minimum atomic E-state index is -1.05. The van der Waals surface area contributed by atoms with Gasteiger partial charge in [-0.05, 0) is 18.1 Å². The second-order valence-corrected chi connectivity index (χ2v) is 6.09. The summed E-state index contributed by atoms with van der Waals surface area (Å²) in [7, 11) is 0.